The minimum Gasteiger partial charge on any atom is -0.504 e. The van der Waals surface area contributed by atoms with Gasteiger partial charge in [0.05, 0.1) is 13.3 Å². The molecule has 0 bridgehead atoms. The van der Waals surface area contributed by atoms with Crippen molar-refractivity contribution in [2.75, 3.05) is 12.4 Å². The van der Waals surface area contributed by atoms with Gasteiger partial charge in [-0.25, -0.2) is 5.43 Å². The molecule has 3 N–H and O–H groups in total. The number of aryl methyl sites for hydroxylation is 1. The topological polar surface area (TPSA) is 100 Å². The van der Waals surface area contributed by atoms with Crippen molar-refractivity contribution in [2.45, 2.75) is 6.92 Å². The molecule has 0 spiro atoms. The van der Waals surface area contributed by atoms with Gasteiger partial charge in [-0.2, -0.15) is 5.10 Å². The predicted molar refractivity (Wildman–Crippen MR) is 115 cm³/mol. The third-order valence-electron chi connectivity index (χ3n) is 4.39. The van der Waals surface area contributed by atoms with Gasteiger partial charge < -0.3 is 15.2 Å². The Hall–Kier alpha value is -4.13. The lowest BCUT2D eigenvalue weighted by atomic mass is 10.1. The number of benzene rings is 3. The van der Waals surface area contributed by atoms with Crippen LogP contribution < -0.4 is 15.5 Å². The second kappa shape index (κ2) is 9.38. The van der Waals surface area contributed by atoms with Gasteiger partial charge >= 0.3 is 0 Å². The van der Waals surface area contributed by atoms with Crippen LogP contribution in [-0.4, -0.2) is 30.2 Å². The number of aromatic hydroxyl groups is 1. The van der Waals surface area contributed by atoms with Gasteiger partial charge in [0.25, 0.3) is 11.8 Å². The van der Waals surface area contributed by atoms with E-state index in [1.807, 2.05) is 19.1 Å². The molecule has 3 aromatic rings. The Morgan fingerprint density at radius 1 is 1.00 bits per heavy atom. The van der Waals surface area contributed by atoms with E-state index in [1.54, 1.807) is 54.6 Å². The van der Waals surface area contributed by atoms with Crippen molar-refractivity contribution in [3.63, 3.8) is 0 Å². The maximum Gasteiger partial charge on any atom is 0.271 e. The zero-order valence-electron chi connectivity index (χ0n) is 16.5. The van der Waals surface area contributed by atoms with Gasteiger partial charge in [-0.3, -0.25) is 9.59 Å². The molecule has 30 heavy (non-hydrogen) atoms. The summed E-state index contributed by atoms with van der Waals surface area (Å²) >= 11 is 0. The number of hydrogen-bond donors (Lipinski definition) is 3. The van der Waals surface area contributed by atoms with E-state index in [0.717, 1.165) is 5.56 Å². The van der Waals surface area contributed by atoms with Crippen LogP contribution in [0.25, 0.3) is 0 Å². The monoisotopic (exact) mass is 403 g/mol. The first-order valence-electron chi connectivity index (χ1n) is 9.16. The molecule has 2 amide bonds. The molecule has 0 saturated heterocycles. The summed E-state index contributed by atoms with van der Waals surface area (Å²) in [7, 11) is 1.45. The number of nitrogens with one attached hydrogen (secondary N) is 2. The first-order chi connectivity index (χ1) is 14.5. The molecule has 0 radical (unpaired) electrons. The smallest absolute Gasteiger partial charge is 0.271 e. The summed E-state index contributed by atoms with van der Waals surface area (Å²) in [5.41, 5.74) is 5.04. The molecule has 0 aliphatic rings. The lowest BCUT2D eigenvalue weighted by molar-refractivity contribution is 0.0953. The number of carbonyl (C=O) groups excluding carboxylic acids is 2. The van der Waals surface area contributed by atoms with Gasteiger partial charge in [-0.05, 0) is 48.9 Å². The molecular formula is C23H21N3O4. The molecule has 0 fully saturated rings. The molecule has 0 aliphatic heterocycles. The normalized spacial score (nSPS) is 10.6. The third kappa shape index (κ3) is 4.82. The van der Waals surface area contributed by atoms with E-state index < -0.39 is 5.91 Å². The minimum absolute atomic E-state index is 0.0704. The van der Waals surface area contributed by atoms with Gasteiger partial charge in [-0.1, -0.05) is 30.3 Å². The van der Waals surface area contributed by atoms with Crippen molar-refractivity contribution in [1.29, 1.82) is 0 Å². The third-order valence-corrected chi connectivity index (χ3v) is 4.39. The largest absolute Gasteiger partial charge is 0.504 e. The summed E-state index contributed by atoms with van der Waals surface area (Å²) in [6.45, 7) is 1.86. The SMILES string of the molecule is COc1cccc(/C=N\NC(=O)c2cccc(NC(=O)c3ccccc3C)c2)c1O. The number of para-hydroxylation sites is 1. The number of hydrazone groups is 1. The highest BCUT2D eigenvalue weighted by molar-refractivity contribution is 6.06. The second-order valence-corrected chi connectivity index (χ2v) is 6.45. The summed E-state index contributed by atoms with van der Waals surface area (Å²) in [4.78, 5) is 24.8. The Balaban J connectivity index is 1.68. The zero-order chi connectivity index (χ0) is 21.5. The van der Waals surface area contributed by atoms with E-state index >= 15 is 0 Å². The number of phenolic OH excluding ortho intramolecular Hbond substituents is 1. The summed E-state index contributed by atoms with van der Waals surface area (Å²) in [6, 6.07) is 18.7. The maximum absolute atomic E-state index is 12.5. The van der Waals surface area contributed by atoms with E-state index in [1.165, 1.54) is 13.3 Å². The van der Waals surface area contributed by atoms with Gasteiger partial charge in [0.15, 0.2) is 11.5 Å². The minimum atomic E-state index is -0.458. The number of carbonyl (C=O) groups is 2. The van der Waals surface area contributed by atoms with Crippen molar-refractivity contribution in [3.05, 3.63) is 89.0 Å². The maximum atomic E-state index is 12.5. The molecule has 152 valence electrons. The van der Waals surface area contributed by atoms with Crippen molar-refractivity contribution in [3.8, 4) is 11.5 Å². The number of anilines is 1. The van der Waals surface area contributed by atoms with Crippen LogP contribution in [0.4, 0.5) is 5.69 Å². The average Bonchev–Trinajstić information content (AvgIpc) is 2.75. The van der Waals surface area contributed by atoms with E-state index in [-0.39, 0.29) is 11.7 Å². The summed E-state index contributed by atoms with van der Waals surface area (Å²) in [5, 5.41) is 16.7. The van der Waals surface area contributed by atoms with E-state index in [2.05, 4.69) is 15.8 Å². The molecule has 7 nitrogen and oxygen atoms in total. The standard InChI is InChI=1S/C23H21N3O4/c1-15-7-3-4-11-19(15)23(29)25-18-10-5-8-16(13-18)22(28)26-24-14-17-9-6-12-20(30-2)21(17)27/h3-14,27H,1-2H3,(H,25,29)(H,26,28)/b24-14-. The molecule has 0 heterocycles. The van der Waals surface area contributed by atoms with Gasteiger partial charge in [-0.15, -0.1) is 0 Å². The van der Waals surface area contributed by atoms with Crippen molar-refractivity contribution in [2.24, 2.45) is 5.10 Å². The van der Waals surface area contributed by atoms with E-state index in [0.29, 0.717) is 28.1 Å². The van der Waals surface area contributed by atoms with Crippen LogP contribution in [0.2, 0.25) is 0 Å². The van der Waals surface area contributed by atoms with Crippen LogP contribution >= 0.6 is 0 Å². The first kappa shape index (κ1) is 20.6. The number of phenols is 1. The Kier molecular flexibility index (Phi) is 6.44. The fourth-order valence-electron chi connectivity index (χ4n) is 2.80. The van der Waals surface area contributed by atoms with Gasteiger partial charge in [0.2, 0.25) is 0 Å². The zero-order valence-corrected chi connectivity index (χ0v) is 16.5. The molecular weight excluding hydrogens is 382 g/mol. The van der Waals surface area contributed by atoms with Crippen LogP contribution in [0.15, 0.2) is 71.8 Å². The molecule has 0 atom stereocenters. The Labute approximate surface area is 174 Å². The molecule has 3 aromatic carbocycles. The van der Waals surface area contributed by atoms with Crippen LogP contribution in [0.5, 0.6) is 11.5 Å². The summed E-state index contributed by atoms with van der Waals surface area (Å²) < 4.78 is 5.03. The summed E-state index contributed by atoms with van der Waals surface area (Å²) in [5.74, 6) is -0.473. The molecule has 7 heteroatoms. The number of amides is 2. The highest BCUT2D eigenvalue weighted by Gasteiger charge is 2.11. The number of methoxy groups -OCH3 is 1. The predicted octanol–water partition coefficient (Wildman–Crippen LogP) is 3.73. The van der Waals surface area contributed by atoms with E-state index in [4.69, 9.17) is 4.74 Å². The number of rotatable bonds is 6. The number of ether oxygens (including phenoxy) is 1. The van der Waals surface area contributed by atoms with Gasteiger partial charge in [0.1, 0.15) is 0 Å². The van der Waals surface area contributed by atoms with Crippen molar-refractivity contribution in [1.82, 2.24) is 5.43 Å². The first-order valence-corrected chi connectivity index (χ1v) is 9.16. The highest BCUT2D eigenvalue weighted by Crippen LogP contribution is 2.27. The van der Waals surface area contributed by atoms with Crippen LogP contribution in [0, 0.1) is 6.92 Å². The second-order valence-electron chi connectivity index (χ2n) is 6.45. The fraction of sp³-hybridized carbons (Fsp3) is 0.0870. The van der Waals surface area contributed by atoms with Crippen LogP contribution in [0.1, 0.15) is 31.8 Å². The Morgan fingerprint density at radius 3 is 2.53 bits per heavy atom. The molecule has 0 aliphatic carbocycles. The molecule has 0 unspecified atom stereocenters. The molecule has 0 aromatic heterocycles. The highest BCUT2D eigenvalue weighted by atomic mass is 16.5. The lowest BCUT2D eigenvalue weighted by Gasteiger charge is -2.09. The number of nitrogens with zero attached hydrogens (tertiary/aromatic N) is 1. The summed E-state index contributed by atoms with van der Waals surface area (Å²) in [6.07, 6.45) is 1.32. The lowest BCUT2D eigenvalue weighted by Crippen LogP contribution is -2.18. The van der Waals surface area contributed by atoms with Crippen LogP contribution in [-0.2, 0) is 0 Å². The van der Waals surface area contributed by atoms with E-state index in [9.17, 15) is 14.7 Å². The Bertz CT molecular complexity index is 1110. The van der Waals surface area contributed by atoms with Crippen molar-refractivity contribution < 1.29 is 19.4 Å². The molecule has 0 saturated carbocycles. The van der Waals surface area contributed by atoms with Gasteiger partial charge in [0, 0.05) is 22.4 Å². The van der Waals surface area contributed by atoms with Crippen LogP contribution in [0.3, 0.4) is 0 Å². The Morgan fingerprint density at radius 2 is 1.77 bits per heavy atom. The fourth-order valence-corrected chi connectivity index (χ4v) is 2.80. The molecule has 3 rings (SSSR count). The quantitative estimate of drug-likeness (QED) is 0.431. The number of hydrogen-bond acceptors (Lipinski definition) is 5. The average molecular weight is 403 g/mol. The van der Waals surface area contributed by atoms with Crippen molar-refractivity contribution >= 4 is 23.7 Å².